The number of anilines is 1. The lowest BCUT2D eigenvalue weighted by atomic mass is 10.1. The molecule has 0 spiro atoms. The highest BCUT2D eigenvalue weighted by Gasteiger charge is 2.14. The average molecular weight is 339 g/mol. The Balaban J connectivity index is 2.22. The molecule has 20 heavy (non-hydrogen) atoms. The van der Waals surface area contributed by atoms with Crippen LogP contribution in [0.25, 0.3) is 0 Å². The Morgan fingerprint density at radius 3 is 2.70 bits per heavy atom. The number of hydrogen-bond acceptors (Lipinski definition) is 3. The summed E-state index contributed by atoms with van der Waals surface area (Å²) in [5.74, 6) is -0.307. The largest absolute Gasteiger partial charge is 0.378 e. The van der Waals surface area contributed by atoms with Gasteiger partial charge in [-0.2, -0.15) is 0 Å². The molecule has 0 aliphatic carbocycles. The summed E-state index contributed by atoms with van der Waals surface area (Å²) in [6, 6.07) is 10.9. The van der Waals surface area contributed by atoms with Crippen molar-refractivity contribution < 1.29 is 9.31 Å². The van der Waals surface area contributed by atoms with E-state index in [2.05, 4.69) is 21.2 Å². The minimum Gasteiger partial charge on any atom is -0.378 e. The standard InChI is InChI=1S/C14H12BrFN2O2/c1-9(10-3-2-4-11(16)7-10)17-12-5-6-13(15)14(8-12)18(19)20/h2-9,17H,1H3. The molecular weight excluding hydrogens is 327 g/mol. The third kappa shape index (κ3) is 3.33. The molecule has 0 aromatic heterocycles. The van der Waals surface area contributed by atoms with E-state index in [1.165, 1.54) is 18.2 Å². The summed E-state index contributed by atoms with van der Waals surface area (Å²) in [4.78, 5) is 10.4. The smallest absolute Gasteiger partial charge is 0.285 e. The number of nitro benzene ring substituents is 1. The van der Waals surface area contributed by atoms with Gasteiger partial charge in [0.15, 0.2) is 0 Å². The first-order valence-electron chi connectivity index (χ1n) is 5.93. The van der Waals surface area contributed by atoms with Gasteiger partial charge in [-0.25, -0.2) is 4.39 Å². The predicted octanol–water partition coefficient (Wildman–Crippen LogP) is 4.67. The van der Waals surface area contributed by atoms with E-state index in [0.717, 1.165) is 5.56 Å². The summed E-state index contributed by atoms with van der Waals surface area (Å²) in [5, 5.41) is 14.0. The zero-order valence-electron chi connectivity index (χ0n) is 10.6. The molecule has 2 aromatic rings. The van der Waals surface area contributed by atoms with E-state index in [1.54, 1.807) is 24.3 Å². The summed E-state index contributed by atoms with van der Waals surface area (Å²) >= 11 is 3.13. The number of hydrogen-bond donors (Lipinski definition) is 1. The van der Waals surface area contributed by atoms with Crippen LogP contribution in [0.15, 0.2) is 46.9 Å². The molecule has 0 radical (unpaired) electrons. The molecule has 2 aromatic carbocycles. The van der Waals surface area contributed by atoms with Gasteiger partial charge in [0.05, 0.1) is 9.40 Å². The molecule has 0 bridgehead atoms. The van der Waals surface area contributed by atoms with E-state index in [4.69, 9.17) is 0 Å². The van der Waals surface area contributed by atoms with Crippen LogP contribution in [0.5, 0.6) is 0 Å². The van der Waals surface area contributed by atoms with E-state index in [9.17, 15) is 14.5 Å². The second-order valence-electron chi connectivity index (χ2n) is 4.34. The first-order chi connectivity index (χ1) is 9.47. The van der Waals surface area contributed by atoms with Crippen molar-refractivity contribution in [3.05, 3.63) is 68.4 Å². The minimum absolute atomic E-state index is 0.0126. The van der Waals surface area contributed by atoms with Gasteiger partial charge in [0, 0.05) is 17.8 Å². The molecule has 4 nitrogen and oxygen atoms in total. The Hall–Kier alpha value is -1.95. The van der Waals surface area contributed by atoms with Crippen molar-refractivity contribution in [3.63, 3.8) is 0 Å². The number of halogens is 2. The Labute approximate surface area is 123 Å². The van der Waals surface area contributed by atoms with Crippen LogP contribution in [0.2, 0.25) is 0 Å². The second-order valence-corrected chi connectivity index (χ2v) is 5.20. The number of nitrogens with zero attached hydrogens (tertiary/aromatic N) is 1. The van der Waals surface area contributed by atoms with Crippen molar-refractivity contribution >= 4 is 27.3 Å². The molecule has 0 saturated heterocycles. The van der Waals surface area contributed by atoms with Crippen molar-refractivity contribution in [3.8, 4) is 0 Å². The zero-order chi connectivity index (χ0) is 14.7. The molecular formula is C14H12BrFN2O2. The van der Waals surface area contributed by atoms with Gasteiger partial charge in [-0.1, -0.05) is 12.1 Å². The highest BCUT2D eigenvalue weighted by atomic mass is 79.9. The second kappa shape index (κ2) is 6.00. The first-order valence-corrected chi connectivity index (χ1v) is 6.72. The van der Waals surface area contributed by atoms with Gasteiger partial charge in [-0.15, -0.1) is 0 Å². The molecule has 1 atom stereocenters. The molecule has 0 fully saturated rings. The fourth-order valence-electron chi connectivity index (χ4n) is 1.85. The molecule has 0 aliphatic rings. The number of rotatable bonds is 4. The molecule has 0 aliphatic heterocycles. The topological polar surface area (TPSA) is 55.2 Å². The highest BCUT2D eigenvalue weighted by molar-refractivity contribution is 9.10. The summed E-state index contributed by atoms with van der Waals surface area (Å²) in [5.41, 5.74) is 1.37. The van der Waals surface area contributed by atoms with Crippen molar-refractivity contribution in [1.29, 1.82) is 0 Å². The summed E-state index contributed by atoms with van der Waals surface area (Å²) < 4.78 is 13.6. The third-order valence-corrected chi connectivity index (χ3v) is 3.55. The summed E-state index contributed by atoms with van der Waals surface area (Å²) in [7, 11) is 0. The molecule has 1 unspecified atom stereocenters. The predicted molar refractivity (Wildman–Crippen MR) is 79.2 cm³/mol. The van der Waals surface area contributed by atoms with Gasteiger partial charge in [-0.05, 0) is 52.7 Å². The van der Waals surface area contributed by atoms with E-state index in [-0.39, 0.29) is 17.5 Å². The molecule has 0 amide bonds. The van der Waals surface area contributed by atoms with Crippen LogP contribution in [0.4, 0.5) is 15.8 Å². The van der Waals surface area contributed by atoms with Crippen molar-refractivity contribution in [2.24, 2.45) is 0 Å². The monoisotopic (exact) mass is 338 g/mol. The van der Waals surface area contributed by atoms with E-state index >= 15 is 0 Å². The van der Waals surface area contributed by atoms with E-state index in [1.807, 2.05) is 6.92 Å². The summed E-state index contributed by atoms with van der Waals surface area (Å²) in [6.07, 6.45) is 0. The Kier molecular flexibility index (Phi) is 4.34. The Bertz CT molecular complexity index is 649. The fourth-order valence-corrected chi connectivity index (χ4v) is 2.24. The van der Waals surface area contributed by atoms with E-state index in [0.29, 0.717) is 10.2 Å². The average Bonchev–Trinajstić information content (AvgIpc) is 2.40. The zero-order valence-corrected chi connectivity index (χ0v) is 12.2. The maximum absolute atomic E-state index is 13.2. The van der Waals surface area contributed by atoms with Gasteiger partial charge in [-0.3, -0.25) is 10.1 Å². The first kappa shape index (κ1) is 14.5. The van der Waals surface area contributed by atoms with Crippen molar-refractivity contribution in [2.75, 3.05) is 5.32 Å². The Morgan fingerprint density at radius 2 is 2.05 bits per heavy atom. The van der Waals surface area contributed by atoms with Gasteiger partial charge >= 0.3 is 0 Å². The molecule has 0 saturated carbocycles. The van der Waals surface area contributed by atoms with Crippen LogP contribution in [0.1, 0.15) is 18.5 Å². The highest BCUT2D eigenvalue weighted by Crippen LogP contribution is 2.29. The maximum Gasteiger partial charge on any atom is 0.285 e. The fraction of sp³-hybridized carbons (Fsp3) is 0.143. The summed E-state index contributed by atoms with van der Waals surface area (Å²) in [6.45, 7) is 1.86. The van der Waals surface area contributed by atoms with Gasteiger partial charge in [0.1, 0.15) is 5.82 Å². The van der Waals surface area contributed by atoms with Crippen LogP contribution < -0.4 is 5.32 Å². The Morgan fingerprint density at radius 1 is 1.30 bits per heavy atom. The third-order valence-electron chi connectivity index (χ3n) is 2.87. The van der Waals surface area contributed by atoms with Crippen molar-refractivity contribution in [1.82, 2.24) is 0 Å². The van der Waals surface area contributed by atoms with Gasteiger partial charge in [0.25, 0.3) is 5.69 Å². The lowest BCUT2D eigenvalue weighted by molar-refractivity contribution is -0.385. The van der Waals surface area contributed by atoms with Crippen LogP contribution in [-0.2, 0) is 0 Å². The molecule has 0 heterocycles. The van der Waals surface area contributed by atoms with Gasteiger partial charge < -0.3 is 5.32 Å². The normalized spacial score (nSPS) is 11.9. The van der Waals surface area contributed by atoms with E-state index < -0.39 is 4.92 Å². The lowest BCUT2D eigenvalue weighted by Gasteiger charge is -2.15. The van der Waals surface area contributed by atoms with Crippen LogP contribution in [0.3, 0.4) is 0 Å². The molecule has 6 heteroatoms. The number of benzene rings is 2. The van der Waals surface area contributed by atoms with Crippen LogP contribution in [0, 0.1) is 15.9 Å². The SMILES string of the molecule is CC(Nc1ccc(Br)c([N+](=O)[O-])c1)c1cccc(F)c1. The number of nitrogens with one attached hydrogen (secondary N) is 1. The quantitative estimate of drug-likeness (QED) is 0.651. The maximum atomic E-state index is 13.2. The molecule has 1 N–H and O–H groups in total. The van der Waals surface area contributed by atoms with Gasteiger partial charge in [0.2, 0.25) is 0 Å². The number of nitro groups is 1. The van der Waals surface area contributed by atoms with Crippen molar-refractivity contribution in [2.45, 2.75) is 13.0 Å². The lowest BCUT2D eigenvalue weighted by Crippen LogP contribution is -2.07. The minimum atomic E-state index is -0.456. The molecule has 2 rings (SSSR count). The van der Waals surface area contributed by atoms with Crippen LogP contribution >= 0.6 is 15.9 Å². The van der Waals surface area contributed by atoms with Crippen LogP contribution in [-0.4, -0.2) is 4.92 Å². The molecule has 104 valence electrons.